The number of benzene rings is 1. The Balaban J connectivity index is 1.45. The van der Waals surface area contributed by atoms with E-state index in [-0.39, 0.29) is 5.91 Å². The second-order valence-electron chi connectivity index (χ2n) is 5.95. The van der Waals surface area contributed by atoms with Crippen LogP contribution < -0.4 is 0 Å². The van der Waals surface area contributed by atoms with E-state index in [9.17, 15) is 4.79 Å². The Labute approximate surface area is 149 Å². The molecule has 1 saturated heterocycles. The maximum Gasteiger partial charge on any atom is 0.272 e. The molecule has 0 spiro atoms. The number of halogens is 1. The zero-order chi connectivity index (χ0) is 16.5. The number of hydrogen-bond acceptors (Lipinski definition) is 4. The zero-order valence-corrected chi connectivity index (χ0v) is 14.6. The van der Waals surface area contributed by atoms with Crippen LogP contribution in [0.2, 0.25) is 5.02 Å². The number of likely N-dealkylation sites (tertiary alicyclic amines) is 1. The van der Waals surface area contributed by atoms with Crippen molar-refractivity contribution in [2.75, 3.05) is 13.1 Å². The Hall–Kier alpha value is -1.98. The van der Waals surface area contributed by atoms with E-state index in [1.165, 1.54) is 9.71 Å². The summed E-state index contributed by atoms with van der Waals surface area (Å²) in [5.41, 5.74) is 1.49. The first-order valence-corrected chi connectivity index (χ1v) is 9.16. The number of amides is 1. The molecule has 3 heterocycles. The molecular weight excluding hydrogens is 342 g/mol. The smallest absolute Gasteiger partial charge is 0.272 e. The summed E-state index contributed by atoms with van der Waals surface area (Å²) in [7, 11) is 0. The van der Waals surface area contributed by atoms with E-state index in [1.54, 1.807) is 29.7 Å². The molecule has 0 aliphatic carbocycles. The van der Waals surface area contributed by atoms with Gasteiger partial charge in [0.1, 0.15) is 5.69 Å². The van der Waals surface area contributed by atoms with Crippen LogP contribution in [-0.2, 0) is 0 Å². The van der Waals surface area contributed by atoms with Gasteiger partial charge >= 0.3 is 0 Å². The Bertz CT molecular complexity index is 854. The van der Waals surface area contributed by atoms with E-state index in [4.69, 9.17) is 16.6 Å². The molecule has 4 rings (SSSR count). The number of fused-ring (bicyclic) bond motifs is 1. The monoisotopic (exact) mass is 357 g/mol. The van der Waals surface area contributed by atoms with Crippen molar-refractivity contribution >= 4 is 39.1 Å². The number of pyridine rings is 1. The van der Waals surface area contributed by atoms with Gasteiger partial charge in [-0.2, -0.15) is 0 Å². The Morgan fingerprint density at radius 3 is 2.75 bits per heavy atom. The lowest BCUT2D eigenvalue weighted by Gasteiger charge is -2.30. The van der Waals surface area contributed by atoms with E-state index < -0.39 is 0 Å². The van der Waals surface area contributed by atoms with Gasteiger partial charge in [0.15, 0.2) is 0 Å². The summed E-state index contributed by atoms with van der Waals surface area (Å²) in [4.78, 5) is 23.3. The molecule has 24 heavy (non-hydrogen) atoms. The Morgan fingerprint density at radius 1 is 1.21 bits per heavy atom. The molecule has 0 saturated carbocycles. The number of rotatable bonds is 2. The van der Waals surface area contributed by atoms with Crippen LogP contribution in [0, 0.1) is 0 Å². The van der Waals surface area contributed by atoms with Crippen LogP contribution in [0.15, 0.2) is 42.6 Å². The van der Waals surface area contributed by atoms with Gasteiger partial charge in [0, 0.05) is 30.2 Å². The minimum atomic E-state index is -0.0414. The number of piperidine rings is 1. The highest BCUT2D eigenvalue weighted by molar-refractivity contribution is 7.18. The Kier molecular flexibility index (Phi) is 4.21. The van der Waals surface area contributed by atoms with Gasteiger partial charge in [0.05, 0.1) is 15.2 Å². The van der Waals surface area contributed by atoms with E-state index in [0.717, 1.165) is 31.4 Å². The molecule has 0 radical (unpaired) electrons. The number of hydrogen-bond donors (Lipinski definition) is 0. The third-order valence-corrected chi connectivity index (χ3v) is 5.82. The van der Waals surface area contributed by atoms with Crippen LogP contribution in [0.1, 0.15) is 34.3 Å². The fourth-order valence-electron chi connectivity index (χ4n) is 3.08. The van der Waals surface area contributed by atoms with Crippen molar-refractivity contribution in [1.29, 1.82) is 0 Å². The molecule has 1 fully saturated rings. The molecule has 4 nitrogen and oxygen atoms in total. The lowest BCUT2D eigenvalue weighted by molar-refractivity contribution is 0.0707. The zero-order valence-electron chi connectivity index (χ0n) is 13.0. The highest BCUT2D eigenvalue weighted by Gasteiger charge is 2.27. The van der Waals surface area contributed by atoms with E-state index in [0.29, 0.717) is 16.6 Å². The largest absolute Gasteiger partial charge is 0.337 e. The molecule has 0 N–H and O–H groups in total. The van der Waals surface area contributed by atoms with Crippen molar-refractivity contribution in [3.8, 4) is 0 Å². The van der Waals surface area contributed by atoms with Gasteiger partial charge < -0.3 is 4.90 Å². The molecule has 6 heteroatoms. The van der Waals surface area contributed by atoms with Crippen LogP contribution in [0.4, 0.5) is 0 Å². The van der Waals surface area contributed by atoms with Gasteiger partial charge in [-0.05, 0) is 37.1 Å². The number of nitrogens with zero attached hydrogens (tertiary/aromatic N) is 3. The molecule has 1 aliphatic rings. The molecule has 1 amide bonds. The standard InChI is InChI=1S/C18H16ClN3OS/c19-13-5-8-20-15(11-13)18(23)22-9-6-12(7-10-22)17-21-14-3-1-2-4-16(14)24-17/h1-5,8,11-12H,6-7,9-10H2. The average Bonchev–Trinajstić information content (AvgIpc) is 3.05. The third kappa shape index (κ3) is 3.01. The summed E-state index contributed by atoms with van der Waals surface area (Å²) in [6.45, 7) is 1.46. The third-order valence-electron chi connectivity index (χ3n) is 4.38. The minimum Gasteiger partial charge on any atom is -0.337 e. The normalized spacial score (nSPS) is 15.8. The summed E-state index contributed by atoms with van der Waals surface area (Å²) < 4.78 is 1.23. The second kappa shape index (κ2) is 6.49. The first-order valence-electron chi connectivity index (χ1n) is 7.97. The number of carbonyl (C=O) groups excluding carboxylic acids is 1. The number of para-hydroxylation sites is 1. The van der Waals surface area contributed by atoms with Crippen LogP contribution in [0.5, 0.6) is 0 Å². The van der Waals surface area contributed by atoms with Crippen molar-refractivity contribution in [3.05, 3.63) is 58.3 Å². The van der Waals surface area contributed by atoms with E-state index >= 15 is 0 Å². The van der Waals surface area contributed by atoms with E-state index in [1.807, 2.05) is 17.0 Å². The first-order chi connectivity index (χ1) is 11.7. The van der Waals surface area contributed by atoms with Crippen molar-refractivity contribution < 1.29 is 4.79 Å². The molecule has 1 aromatic carbocycles. The molecule has 1 aliphatic heterocycles. The van der Waals surface area contributed by atoms with Gasteiger partial charge in [0.2, 0.25) is 0 Å². The molecule has 0 bridgehead atoms. The summed E-state index contributed by atoms with van der Waals surface area (Å²) in [6, 6.07) is 11.5. The molecule has 3 aromatic rings. The Morgan fingerprint density at radius 2 is 2.00 bits per heavy atom. The topological polar surface area (TPSA) is 46.1 Å². The molecular formula is C18H16ClN3OS. The van der Waals surface area contributed by atoms with Crippen molar-refractivity contribution in [3.63, 3.8) is 0 Å². The highest BCUT2D eigenvalue weighted by atomic mass is 35.5. The first kappa shape index (κ1) is 15.5. The number of thiazole rings is 1. The fourth-order valence-corrected chi connectivity index (χ4v) is 4.37. The number of carbonyl (C=O) groups is 1. The van der Waals surface area contributed by atoms with Gasteiger partial charge in [-0.1, -0.05) is 23.7 Å². The van der Waals surface area contributed by atoms with Crippen LogP contribution in [0.3, 0.4) is 0 Å². The lowest BCUT2D eigenvalue weighted by Crippen LogP contribution is -2.38. The van der Waals surface area contributed by atoms with Crippen molar-refractivity contribution in [1.82, 2.24) is 14.9 Å². The average molecular weight is 358 g/mol. The van der Waals surface area contributed by atoms with Crippen molar-refractivity contribution in [2.24, 2.45) is 0 Å². The predicted octanol–water partition coefficient (Wildman–Crippen LogP) is 4.36. The summed E-state index contributed by atoms with van der Waals surface area (Å²) >= 11 is 7.72. The summed E-state index contributed by atoms with van der Waals surface area (Å²) in [5, 5.41) is 1.72. The molecule has 0 atom stereocenters. The maximum absolute atomic E-state index is 12.5. The predicted molar refractivity (Wildman–Crippen MR) is 96.7 cm³/mol. The second-order valence-corrected chi connectivity index (χ2v) is 7.44. The highest BCUT2D eigenvalue weighted by Crippen LogP contribution is 2.34. The fraction of sp³-hybridized carbons (Fsp3) is 0.278. The van der Waals surface area contributed by atoms with Crippen LogP contribution in [0.25, 0.3) is 10.2 Å². The number of aromatic nitrogens is 2. The van der Waals surface area contributed by atoms with E-state index in [2.05, 4.69) is 17.1 Å². The van der Waals surface area contributed by atoms with Crippen LogP contribution in [-0.4, -0.2) is 33.9 Å². The van der Waals surface area contributed by atoms with Gasteiger partial charge in [-0.25, -0.2) is 4.98 Å². The molecule has 122 valence electrons. The molecule has 2 aromatic heterocycles. The summed E-state index contributed by atoms with van der Waals surface area (Å²) in [5.74, 6) is 0.388. The van der Waals surface area contributed by atoms with Gasteiger partial charge in [-0.15, -0.1) is 11.3 Å². The SMILES string of the molecule is O=C(c1cc(Cl)ccn1)N1CCC(c2nc3ccccc3s2)CC1. The van der Waals surface area contributed by atoms with Crippen molar-refractivity contribution in [2.45, 2.75) is 18.8 Å². The maximum atomic E-state index is 12.5. The minimum absolute atomic E-state index is 0.0414. The quantitative estimate of drug-likeness (QED) is 0.684. The lowest BCUT2D eigenvalue weighted by atomic mass is 9.97. The summed E-state index contributed by atoms with van der Waals surface area (Å²) in [6.07, 6.45) is 3.45. The van der Waals surface area contributed by atoms with Gasteiger partial charge in [-0.3, -0.25) is 9.78 Å². The van der Waals surface area contributed by atoms with Crippen LogP contribution >= 0.6 is 22.9 Å². The van der Waals surface area contributed by atoms with Gasteiger partial charge in [0.25, 0.3) is 5.91 Å². The molecule has 0 unspecified atom stereocenters.